The van der Waals surface area contributed by atoms with Crippen molar-refractivity contribution in [3.8, 4) is 53.8 Å². The average Bonchev–Trinajstić information content (AvgIpc) is 4.13. The number of aryl methyl sites for hydroxylation is 1. The van der Waals surface area contributed by atoms with Gasteiger partial charge in [-0.2, -0.15) is 0 Å². The second-order valence-corrected chi connectivity index (χ2v) is 16.7. The van der Waals surface area contributed by atoms with Crippen molar-refractivity contribution in [1.29, 1.82) is 0 Å². The molecule has 0 spiro atoms. The molecular weight excluding hydrogens is 871 g/mol. The zero-order valence-electron chi connectivity index (χ0n) is 32.6. The smallest absolute Gasteiger partial charge is 0.333 e. The van der Waals surface area contributed by atoms with Gasteiger partial charge in [0, 0.05) is 58.7 Å². The van der Waals surface area contributed by atoms with Gasteiger partial charge in [-0.3, -0.25) is 9.59 Å². The van der Waals surface area contributed by atoms with Crippen LogP contribution in [0.15, 0.2) is 138 Å². The van der Waals surface area contributed by atoms with Gasteiger partial charge in [0.15, 0.2) is 17.9 Å². The summed E-state index contributed by atoms with van der Waals surface area (Å²) >= 11 is 3.32. The zero-order chi connectivity index (χ0) is 40.6. The summed E-state index contributed by atoms with van der Waals surface area (Å²) in [6.07, 6.45) is 6.57. The minimum absolute atomic E-state index is 0. The Morgan fingerprint density at radius 3 is 2.10 bits per heavy atom. The number of amides is 2. The first kappa shape index (κ1) is 40.0. The van der Waals surface area contributed by atoms with Gasteiger partial charge in [0.2, 0.25) is 0 Å². The van der Waals surface area contributed by atoms with E-state index in [1.165, 1.54) is 21.5 Å². The number of nitrogens with zero attached hydrogens (tertiary/aromatic N) is 5. The number of hydroxylamine groups is 2. The molecule has 5 aromatic heterocycles. The number of rotatable bonds is 12. The van der Waals surface area contributed by atoms with Crippen LogP contribution in [-0.4, -0.2) is 38.1 Å². The standard InChI is InChI=1S/C48H36N5O5S2.BrH/c54-41-21-22-42(55)53(41)57-43(56)18-2-1-7-25-52-26-23-32(24-27-52)45-44(40-28-33(29-59-40)36-16-8-12-30-10-3-5-14-34(30)36)47-48(51-58-50-47)46(49-45)39-20-19-38(60-39)37-17-9-13-31-11-4-6-15-35(31)37;/h3-6,8-17,19-20,23-24,26-29H,1-2,7,18,21-22,25H2;1H/q+1;/p-1. The number of aromatic nitrogens is 4. The molecule has 1 fully saturated rings. The summed E-state index contributed by atoms with van der Waals surface area (Å²) < 4.78 is 7.63. The van der Waals surface area contributed by atoms with E-state index in [1.807, 2.05) is 12.4 Å². The Labute approximate surface area is 368 Å². The number of imide groups is 1. The van der Waals surface area contributed by atoms with E-state index in [2.05, 4.69) is 136 Å². The first-order valence-electron chi connectivity index (χ1n) is 19.9. The number of carbonyl (C=O) groups is 3. The molecule has 0 unspecified atom stereocenters. The van der Waals surface area contributed by atoms with Crippen LogP contribution in [0.2, 0.25) is 0 Å². The van der Waals surface area contributed by atoms with E-state index < -0.39 is 17.8 Å². The van der Waals surface area contributed by atoms with Gasteiger partial charge in [-0.15, -0.1) is 27.7 Å². The molecule has 0 N–H and O–H groups in total. The number of pyridine rings is 2. The molecule has 4 aromatic carbocycles. The molecule has 10 nitrogen and oxygen atoms in total. The van der Waals surface area contributed by atoms with Crippen molar-refractivity contribution in [2.24, 2.45) is 0 Å². The molecule has 1 aliphatic heterocycles. The predicted octanol–water partition coefficient (Wildman–Crippen LogP) is 7.84. The first-order valence-corrected chi connectivity index (χ1v) is 21.6. The molecule has 0 radical (unpaired) electrons. The van der Waals surface area contributed by atoms with Gasteiger partial charge in [0.25, 0.3) is 11.8 Å². The van der Waals surface area contributed by atoms with Crippen LogP contribution >= 0.6 is 22.7 Å². The van der Waals surface area contributed by atoms with E-state index in [1.54, 1.807) is 22.7 Å². The number of hydrogen-bond acceptors (Lipinski definition) is 10. The topological polar surface area (TPSA) is 119 Å². The van der Waals surface area contributed by atoms with Gasteiger partial charge in [0.1, 0.15) is 17.8 Å². The lowest BCUT2D eigenvalue weighted by molar-refractivity contribution is -0.697. The largest absolute Gasteiger partial charge is 1.00 e. The average molecular weight is 907 g/mol. The summed E-state index contributed by atoms with van der Waals surface area (Å²) in [5, 5.41) is 16.5. The van der Waals surface area contributed by atoms with Gasteiger partial charge in [-0.25, -0.2) is 19.0 Å². The molecule has 0 bridgehead atoms. The number of unbranched alkanes of at least 4 members (excludes halogenated alkanes) is 2. The number of fused-ring (bicyclic) bond motifs is 3. The van der Waals surface area contributed by atoms with Crippen molar-refractivity contribution in [1.82, 2.24) is 20.4 Å². The summed E-state index contributed by atoms with van der Waals surface area (Å²) in [7, 11) is 0. The Hall–Kier alpha value is -6.41. The third-order valence-corrected chi connectivity index (χ3v) is 13.0. The molecule has 10 rings (SSSR count). The second kappa shape index (κ2) is 17.3. The van der Waals surface area contributed by atoms with Crippen LogP contribution in [0.25, 0.3) is 86.4 Å². The molecule has 1 saturated heterocycles. The summed E-state index contributed by atoms with van der Waals surface area (Å²) in [6, 6.07) is 40.3. The number of thiophene rings is 2. The fourth-order valence-electron chi connectivity index (χ4n) is 7.90. The summed E-state index contributed by atoms with van der Waals surface area (Å²) in [5.41, 5.74) is 7.96. The van der Waals surface area contributed by atoms with Crippen molar-refractivity contribution in [2.45, 2.75) is 45.1 Å². The highest BCUT2D eigenvalue weighted by Gasteiger charge is 2.32. The molecule has 6 heterocycles. The second-order valence-electron chi connectivity index (χ2n) is 14.7. The zero-order valence-corrected chi connectivity index (χ0v) is 35.8. The molecule has 0 atom stereocenters. The van der Waals surface area contributed by atoms with E-state index >= 15 is 0 Å². The quantitative estimate of drug-likeness (QED) is 0.0692. The number of benzene rings is 4. The van der Waals surface area contributed by atoms with Crippen molar-refractivity contribution >= 4 is 73.0 Å². The lowest BCUT2D eigenvalue weighted by Gasteiger charge is -2.12. The fourth-order valence-corrected chi connectivity index (χ4v) is 9.89. The normalized spacial score (nSPS) is 12.8. The third kappa shape index (κ3) is 7.87. The van der Waals surface area contributed by atoms with E-state index in [9.17, 15) is 14.4 Å². The van der Waals surface area contributed by atoms with Crippen molar-refractivity contribution in [3.63, 3.8) is 0 Å². The molecular formula is C48H36BrN5O5S2. The maximum atomic E-state index is 12.3. The molecule has 9 aromatic rings. The highest BCUT2D eigenvalue weighted by molar-refractivity contribution is 7.19. The molecule has 0 saturated carbocycles. The van der Waals surface area contributed by atoms with Gasteiger partial charge in [0.05, 0.1) is 10.6 Å². The molecule has 0 aliphatic carbocycles. The Morgan fingerprint density at radius 1 is 0.689 bits per heavy atom. The maximum absolute atomic E-state index is 12.3. The lowest BCUT2D eigenvalue weighted by Crippen LogP contribution is -3.00. The monoisotopic (exact) mass is 905 g/mol. The minimum atomic E-state index is -0.570. The first-order chi connectivity index (χ1) is 29.5. The van der Waals surface area contributed by atoms with E-state index in [0.29, 0.717) is 28.2 Å². The van der Waals surface area contributed by atoms with Crippen molar-refractivity contribution < 1.29 is 45.4 Å². The van der Waals surface area contributed by atoms with Gasteiger partial charge in [-0.1, -0.05) is 84.9 Å². The van der Waals surface area contributed by atoms with Crippen LogP contribution < -0.4 is 21.5 Å². The molecule has 2 amide bonds. The van der Waals surface area contributed by atoms with Gasteiger partial charge >= 0.3 is 5.97 Å². The Bertz CT molecular complexity index is 3080. The van der Waals surface area contributed by atoms with Crippen LogP contribution in [0.5, 0.6) is 0 Å². The minimum Gasteiger partial charge on any atom is -1.00 e. The maximum Gasteiger partial charge on any atom is 0.333 e. The molecule has 1 aliphatic rings. The number of hydrogen-bond donors (Lipinski definition) is 0. The molecule has 302 valence electrons. The predicted molar refractivity (Wildman–Crippen MR) is 233 cm³/mol. The van der Waals surface area contributed by atoms with Crippen molar-refractivity contribution in [3.05, 3.63) is 133 Å². The molecule has 13 heteroatoms. The summed E-state index contributed by atoms with van der Waals surface area (Å²) in [6.45, 7) is 0.738. The lowest BCUT2D eigenvalue weighted by atomic mass is 9.98. The van der Waals surface area contributed by atoms with Gasteiger partial charge < -0.3 is 21.8 Å². The third-order valence-electron chi connectivity index (χ3n) is 10.9. The van der Waals surface area contributed by atoms with Crippen LogP contribution in [0, 0.1) is 0 Å². The highest BCUT2D eigenvalue weighted by atomic mass is 79.9. The SMILES string of the molecule is O=C(CCCCC[n+]1ccc(-c2nc(-c3ccc(-c4cccc5ccccc45)s3)c3nonc3c2-c2cc(-c3cccc4ccccc34)cs2)cc1)ON1C(=O)CCC1=O.[Br-]. The van der Waals surface area contributed by atoms with Crippen molar-refractivity contribution in [2.75, 3.05) is 0 Å². The molecule has 61 heavy (non-hydrogen) atoms. The Balaban J connectivity index is 0.00000476. The van der Waals surface area contributed by atoms with Crippen LogP contribution in [0.3, 0.4) is 0 Å². The summed E-state index contributed by atoms with van der Waals surface area (Å²) in [5.74, 6) is -1.51. The fraction of sp³-hybridized carbons (Fsp3) is 0.146. The number of halogens is 1. The van der Waals surface area contributed by atoms with Crippen LogP contribution in [-0.2, 0) is 25.8 Å². The summed E-state index contributed by atoms with van der Waals surface area (Å²) in [4.78, 5) is 49.3. The highest BCUT2D eigenvalue weighted by Crippen LogP contribution is 2.46. The van der Waals surface area contributed by atoms with Gasteiger partial charge in [-0.05, 0) is 85.0 Å². The number of carbonyl (C=O) groups excluding carboxylic acids is 3. The van der Waals surface area contributed by atoms with E-state index in [0.717, 1.165) is 67.5 Å². The van der Waals surface area contributed by atoms with E-state index in [-0.39, 0.29) is 36.2 Å². The van der Waals surface area contributed by atoms with Crippen LogP contribution in [0.4, 0.5) is 0 Å². The van der Waals surface area contributed by atoms with E-state index in [4.69, 9.17) is 14.5 Å². The Morgan fingerprint density at radius 2 is 1.34 bits per heavy atom. The van der Waals surface area contributed by atoms with Crippen LogP contribution in [0.1, 0.15) is 38.5 Å². The Kier molecular flexibility index (Phi) is 11.3.